The van der Waals surface area contributed by atoms with Gasteiger partial charge >= 0.3 is 0 Å². The minimum Gasteiger partial charge on any atom is -0.493 e. The molecular formula is C25H26N2O2. The van der Waals surface area contributed by atoms with Crippen molar-refractivity contribution in [2.75, 3.05) is 7.11 Å². The van der Waals surface area contributed by atoms with Crippen molar-refractivity contribution in [2.45, 2.75) is 51.7 Å². The number of pyridine rings is 1. The van der Waals surface area contributed by atoms with Crippen LogP contribution in [-0.4, -0.2) is 28.9 Å². The lowest BCUT2D eigenvalue weighted by atomic mass is 9.81. The highest BCUT2D eigenvalue weighted by molar-refractivity contribution is 6.17. The first kappa shape index (κ1) is 18.2. The quantitative estimate of drug-likeness (QED) is 0.613. The predicted molar refractivity (Wildman–Crippen MR) is 117 cm³/mol. The van der Waals surface area contributed by atoms with Crippen LogP contribution < -0.4 is 9.47 Å². The van der Waals surface area contributed by atoms with Gasteiger partial charge < -0.3 is 9.47 Å². The van der Waals surface area contributed by atoms with Gasteiger partial charge in [-0.05, 0) is 57.9 Å². The zero-order chi connectivity index (χ0) is 20.4. The molecule has 4 heteroatoms. The summed E-state index contributed by atoms with van der Waals surface area (Å²) in [6, 6.07) is 12.6. The molecule has 0 saturated carbocycles. The van der Waals surface area contributed by atoms with E-state index in [2.05, 4.69) is 63.0 Å². The maximum Gasteiger partial charge on any atom is 0.166 e. The SMILES string of the molecule is COc1cc2c(c3c1OC(C)(C)C3)C(c1ccc3cccnc3c1)=NC(C)(C)C2. The summed E-state index contributed by atoms with van der Waals surface area (Å²) in [5.41, 5.74) is 6.37. The summed E-state index contributed by atoms with van der Waals surface area (Å²) in [7, 11) is 1.72. The van der Waals surface area contributed by atoms with Crippen molar-refractivity contribution in [2.24, 2.45) is 4.99 Å². The summed E-state index contributed by atoms with van der Waals surface area (Å²) in [6.45, 7) is 8.63. The number of nitrogens with zero attached hydrogens (tertiary/aromatic N) is 2. The molecule has 5 rings (SSSR count). The molecule has 29 heavy (non-hydrogen) atoms. The number of aliphatic imine (C=N–C) groups is 1. The van der Waals surface area contributed by atoms with E-state index in [1.165, 1.54) is 16.7 Å². The molecule has 0 atom stereocenters. The number of ether oxygens (including phenoxy) is 2. The zero-order valence-corrected chi connectivity index (χ0v) is 17.7. The summed E-state index contributed by atoms with van der Waals surface area (Å²) in [4.78, 5) is 9.76. The highest BCUT2D eigenvalue weighted by atomic mass is 16.5. The van der Waals surface area contributed by atoms with Crippen molar-refractivity contribution in [3.05, 3.63) is 64.8 Å². The number of methoxy groups -OCH3 is 1. The minimum absolute atomic E-state index is 0.185. The molecule has 2 aromatic carbocycles. The molecule has 3 aromatic rings. The first-order valence-corrected chi connectivity index (χ1v) is 10.1. The fourth-order valence-electron chi connectivity index (χ4n) is 4.64. The van der Waals surface area contributed by atoms with Crippen LogP contribution in [0.15, 0.2) is 47.6 Å². The number of hydrogen-bond acceptors (Lipinski definition) is 4. The largest absolute Gasteiger partial charge is 0.493 e. The molecule has 1 aromatic heterocycles. The van der Waals surface area contributed by atoms with Gasteiger partial charge in [0.2, 0.25) is 0 Å². The highest BCUT2D eigenvalue weighted by Crippen LogP contribution is 2.47. The zero-order valence-electron chi connectivity index (χ0n) is 17.7. The van der Waals surface area contributed by atoms with Gasteiger partial charge in [-0.15, -0.1) is 0 Å². The van der Waals surface area contributed by atoms with Crippen molar-refractivity contribution in [3.8, 4) is 11.5 Å². The second kappa shape index (κ2) is 6.06. The number of hydrogen-bond donors (Lipinski definition) is 0. The van der Waals surface area contributed by atoms with E-state index in [-0.39, 0.29) is 11.1 Å². The minimum atomic E-state index is -0.256. The normalized spacial score (nSPS) is 18.6. The smallest absolute Gasteiger partial charge is 0.166 e. The fourth-order valence-corrected chi connectivity index (χ4v) is 4.64. The maximum atomic E-state index is 6.30. The van der Waals surface area contributed by atoms with Crippen LogP contribution in [0.4, 0.5) is 0 Å². The van der Waals surface area contributed by atoms with Crippen molar-refractivity contribution < 1.29 is 9.47 Å². The van der Waals surface area contributed by atoms with Gasteiger partial charge in [-0.25, -0.2) is 0 Å². The van der Waals surface area contributed by atoms with Gasteiger partial charge in [-0.2, -0.15) is 0 Å². The molecule has 0 amide bonds. The third kappa shape index (κ3) is 2.98. The van der Waals surface area contributed by atoms with E-state index in [0.29, 0.717) is 0 Å². The Bertz CT molecular complexity index is 1170. The van der Waals surface area contributed by atoms with Gasteiger partial charge in [0.05, 0.1) is 23.9 Å². The van der Waals surface area contributed by atoms with Crippen molar-refractivity contribution in [3.63, 3.8) is 0 Å². The molecule has 0 bridgehead atoms. The molecular weight excluding hydrogens is 360 g/mol. The fraction of sp³-hybridized carbons (Fsp3) is 0.360. The molecule has 148 valence electrons. The Kier molecular flexibility index (Phi) is 3.79. The number of fused-ring (bicyclic) bond motifs is 4. The molecule has 0 spiro atoms. The number of aromatic nitrogens is 1. The second-order valence-electron chi connectivity index (χ2n) is 9.32. The maximum absolute atomic E-state index is 6.30. The summed E-state index contributed by atoms with van der Waals surface area (Å²) in [6.07, 6.45) is 3.56. The average Bonchev–Trinajstić information content (AvgIpc) is 3.00. The van der Waals surface area contributed by atoms with E-state index in [0.717, 1.165) is 46.5 Å². The van der Waals surface area contributed by atoms with Crippen molar-refractivity contribution in [1.82, 2.24) is 4.98 Å². The Balaban J connectivity index is 1.77. The molecule has 2 aliphatic rings. The van der Waals surface area contributed by atoms with Crippen molar-refractivity contribution in [1.29, 1.82) is 0 Å². The van der Waals surface area contributed by atoms with Crippen LogP contribution in [0.3, 0.4) is 0 Å². The van der Waals surface area contributed by atoms with Crippen LogP contribution in [0.5, 0.6) is 11.5 Å². The van der Waals surface area contributed by atoms with E-state index in [1.807, 2.05) is 12.3 Å². The third-order valence-corrected chi connectivity index (χ3v) is 5.78. The Morgan fingerprint density at radius 1 is 1.03 bits per heavy atom. The summed E-state index contributed by atoms with van der Waals surface area (Å²) in [5, 5.41) is 1.14. The third-order valence-electron chi connectivity index (χ3n) is 5.78. The van der Waals surface area contributed by atoms with Crippen molar-refractivity contribution >= 4 is 16.6 Å². The van der Waals surface area contributed by atoms with Crippen LogP contribution >= 0.6 is 0 Å². The summed E-state index contributed by atoms with van der Waals surface area (Å²) in [5.74, 6) is 1.68. The number of benzene rings is 2. The first-order valence-electron chi connectivity index (χ1n) is 10.1. The lowest BCUT2D eigenvalue weighted by molar-refractivity contribution is 0.134. The van der Waals surface area contributed by atoms with Gasteiger partial charge in [0, 0.05) is 34.7 Å². The van der Waals surface area contributed by atoms with E-state index in [9.17, 15) is 0 Å². The standard InChI is InChI=1S/C25H26N2O2/c1-24(2)13-17-12-20(28-5)23-18(14-25(3,4)29-23)21(17)22(27-24)16-9-8-15-7-6-10-26-19(15)11-16/h6-12H,13-14H2,1-5H3. The summed E-state index contributed by atoms with van der Waals surface area (Å²) >= 11 is 0. The molecule has 0 aliphatic carbocycles. The second-order valence-corrected chi connectivity index (χ2v) is 9.32. The van der Waals surface area contributed by atoms with E-state index < -0.39 is 0 Å². The molecule has 0 unspecified atom stereocenters. The van der Waals surface area contributed by atoms with E-state index in [1.54, 1.807) is 7.11 Å². The van der Waals surface area contributed by atoms with E-state index >= 15 is 0 Å². The number of rotatable bonds is 2. The average molecular weight is 386 g/mol. The van der Waals surface area contributed by atoms with Crippen LogP contribution in [0.2, 0.25) is 0 Å². The molecule has 0 radical (unpaired) electrons. The van der Waals surface area contributed by atoms with Gasteiger partial charge in [0.1, 0.15) is 5.60 Å². The van der Waals surface area contributed by atoms with Crippen LogP contribution in [0.25, 0.3) is 10.9 Å². The lowest BCUT2D eigenvalue weighted by Crippen LogP contribution is -2.30. The Morgan fingerprint density at radius 2 is 1.86 bits per heavy atom. The molecule has 0 fully saturated rings. The lowest BCUT2D eigenvalue weighted by Gasteiger charge is -2.31. The van der Waals surface area contributed by atoms with Gasteiger partial charge in [0.15, 0.2) is 11.5 Å². The van der Waals surface area contributed by atoms with Crippen LogP contribution in [-0.2, 0) is 12.8 Å². The summed E-state index contributed by atoms with van der Waals surface area (Å²) < 4.78 is 12.0. The Morgan fingerprint density at radius 3 is 2.66 bits per heavy atom. The van der Waals surface area contributed by atoms with Gasteiger partial charge in [-0.1, -0.05) is 18.2 Å². The molecule has 2 aliphatic heterocycles. The van der Waals surface area contributed by atoms with Gasteiger partial charge in [-0.3, -0.25) is 9.98 Å². The first-order chi connectivity index (χ1) is 13.8. The molecule has 0 saturated heterocycles. The highest BCUT2D eigenvalue weighted by Gasteiger charge is 2.39. The van der Waals surface area contributed by atoms with Crippen LogP contribution in [0.1, 0.15) is 49.9 Å². The Hall–Kier alpha value is -2.88. The molecule has 4 nitrogen and oxygen atoms in total. The monoisotopic (exact) mass is 386 g/mol. The Labute approximate surface area is 171 Å². The van der Waals surface area contributed by atoms with Crippen LogP contribution in [0, 0.1) is 0 Å². The molecule has 3 heterocycles. The van der Waals surface area contributed by atoms with Gasteiger partial charge in [0.25, 0.3) is 0 Å². The predicted octanol–water partition coefficient (Wildman–Crippen LogP) is 5.13. The molecule has 0 N–H and O–H groups in total. The topological polar surface area (TPSA) is 43.7 Å². The van der Waals surface area contributed by atoms with E-state index in [4.69, 9.17) is 14.5 Å².